The number of hydrogen-bond donors (Lipinski definition) is 1. The van der Waals surface area contributed by atoms with Crippen LogP contribution in [0.5, 0.6) is 5.75 Å². The second-order valence-electron chi connectivity index (χ2n) is 4.03. The third-order valence-electron chi connectivity index (χ3n) is 2.38. The van der Waals surface area contributed by atoms with Gasteiger partial charge in [0.05, 0.1) is 11.5 Å². The van der Waals surface area contributed by atoms with Crippen LogP contribution in [0.25, 0.3) is 0 Å². The maximum Gasteiger partial charge on any atom is 0.153 e. The lowest BCUT2D eigenvalue weighted by Gasteiger charge is -2.09. The Bertz CT molecular complexity index is 469. The maximum absolute atomic E-state index is 11.5. The fourth-order valence-electron chi connectivity index (χ4n) is 1.46. The summed E-state index contributed by atoms with van der Waals surface area (Å²) >= 11 is 0. The first kappa shape index (κ1) is 13.8. The predicted molar refractivity (Wildman–Crippen MR) is 70.0 cm³/mol. The van der Waals surface area contributed by atoms with E-state index in [1.807, 2.05) is 19.9 Å². The summed E-state index contributed by atoms with van der Waals surface area (Å²) in [7, 11) is -2.98. The standard InChI is InChI=1S/C12H19NO3S/c1-3-7-17(14,15)8-6-16-12-9-11(13)5-4-10(12)2/h4-5,9H,3,6-8,13H2,1-2H3. The van der Waals surface area contributed by atoms with Crippen LogP contribution < -0.4 is 10.5 Å². The molecule has 0 aliphatic heterocycles. The van der Waals surface area contributed by atoms with Crippen molar-refractivity contribution in [3.05, 3.63) is 23.8 Å². The Morgan fingerprint density at radius 3 is 2.65 bits per heavy atom. The Balaban J connectivity index is 2.54. The summed E-state index contributed by atoms with van der Waals surface area (Å²) < 4.78 is 28.4. The van der Waals surface area contributed by atoms with Crippen molar-refractivity contribution < 1.29 is 13.2 Å². The zero-order valence-corrected chi connectivity index (χ0v) is 11.1. The molecule has 0 amide bonds. The van der Waals surface area contributed by atoms with E-state index >= 15 is 0 Å². The van der Waals surface area contributed by atoms with Gasteiger partial charge in [0.25, 0.3) is 0 Å². The fourth-order valence-corrected chi connectivity index (χ4v) is 2.63. The molecule has 17 heavy (non-hydrogen) atoms. The van der Waals surface area contributed by atoms with Gasteiger partial charge in [-0.15, -0.1) is 0 Å². The van der Waals surface area contributed by atoms with Crippen molar-refractivity contribution in [1.29, 1.82) is 0 Å². The van der Waals surface area contributed by atoms with E-state index in [1.54, 1.807) is 12.1 Å². The average Bonchev–Trinajstić information content (AvgIpc) is 2.23. The van der Waals surface area contributed by atoms with Crippen LogP contribution in [-0.4, -0.2) is 26.5 Å². The van der Waals surface area contributed by atoms with Crippen LogP contribution in [0.1, 0.15) is 18.9 Å². The highest BCUT2D eigenvalue weighted by Gasteiger charge is 2.09. The van der Waals surface area contributed by atoms with Crippen molar-refractivity contribution in [3.8, 4) is 5.75 Å². The number of nitrogen functional groups attached to an aromatic ring is 1. The number of nitrogens with two attached hydrogens (primary N) is 1. The van der Waals surface area contributed by atoms with Crippen LogP contribution in [0.3, 0.4) is 0 Å². The molecule has 0 atom stereocenters. The summed E-state index contributed by atoms with van der Waals surface area (Å²) in [6, 6.07) is 5.35. The highest BCUT2D eigenvalue weighted by atomic mass is 32.2. The molecule has 0 bridgehead atoms. The summed E-state index contributed by atoms with van der Waals surface area (Å²) in [6.45, 7) is 3.92. The van der Waals surface area contributed by atoms with Crippen molar-refractivity contribution in [3.63, 3.8) is 0 Å². The minimum atomic E-state index is -2.98. The minimum absolute atomic E-state index is 0.0507. The summed E-state index contributed by atoms with van der Waals surface area (Å²) in [5.74, 6) is 0.915. The Hall–Kier alpha value is -1.23. The maximum atomic E-state index is 11.5. The largest absolute Gasteiger partial charge is 0.492 e. The van der Waals surface area contributed by atoms with E-state index < -0.39 is 9.84 Å². The van der Waals surface area contributed by atoms with Crippen LogP contribution in [0.4, 0.5) is 5.69 Å². The fraction of sp³-hybridized carbons (Fsp3) is 0.500. The monoisotopic (exact) mass is 257 g/mol. The van der Waals surface area contributed by atoms with E-state index in [2.05, 4.69) is 0 Å². The molecule has 0 aliphatic carbocycles. The Labute approximate surface area is 103 Å². The van der Waals surface area contributed by atoms with Crippen molar-refractivity contribution in [1.82, 2.24) is 0 Å². The van der Waals surface area contributed by atoms with Crippen molar-refractivity contribution in [2.75, 3.05) is 23.8 Å². The molecule has 0 saturated heterocycles. The molecule has 0 radical (unpaired) electrons. The number of ether oxygens (including phenoxy) is 1. The first-order valence-corrected chi connectivity index (χ1v) is 7.46. The van der Waals surface area contributed by atoms with Gasteiger partial charge in [0.15, 0.2) is 9.84 Å². The molecule has 5 heteroatoms. The molecular weight excluding hydrogens is 238 g/mol. The van der Waals surface area contributed by atoms with Gasteiger partial charge in [-0.2, -0.15) is 0 Å². The molecule has 0 heterocycles. The number of aryl methyl sites for hydroxylation is 1. The highest BCUT2D eigenvalue weighted by Crippen LogP contribution is 2.20. The molecule has 0 spiro atoms. The first-order chi connectivity index (χ1) is 7.94. The Kier molecular flexibility index (Phi) is 4.81. The topological polar surface area (TPSA) is 69.4 Å². The molecule has 1 aromatic carbocycles. The molecule has 4 nitrogen and oxygen atoms in total. The van der Waals surface area contributed by atoms with Gasteiger partial charge < -0.3 is 10.5 Å². The van der Waals surface area contributed by atoms with E-state index in [4.69, 9.17) is 10.5 Å². The van der Waals surface area contributed by atoms with Crippen LogP contribution in [-0.2, 0) is 9.84 Å². The quantitative estimate of drug-likeness (QED) is 0.789. The molecule has 2 N–H and O–H groups in total. The number of rotatable bonds is 6. The summed E-state index contributed by atoms with van der Waals surface area (Å²) in [6.07, 6.45) is 0.639. The first-order valence-electron chi connectivity index (χ1n) is 5.64. The third-order valence-corrected chi connectivity index (χ3v) is 4.20. The molecule has 0 fully saturated rings. The second-order valence-corrected chi connectivity index (χ2v) is 6.33. The number of hydrogen-bond acceptors (Lipinski definition) is 4. The molecule has 1 aromatic rings. The van der Waals surface area contributed by atoms with Gasteiger partial charge in [-0.1, -0.05) is 13.0 Å². The molecular formula is C12H19NO3S. The minimum Gasteiger partial charge on any atom is -0.492 e. The molecule has 0 aliphatic rings. The van der Waals surface area contributed by atoms with Crippen LogP contribution in [0.2, 0.25) is 0 Å². The van der Waals surface area contributed by atoms with E-state index in [9.17, 15) is 8.42 Å². The molecule has 1 rings (SSSR count). The molecule has 0 saturated carbocycles. The van der Waals surface area contributed by atoms with E-state index in [0.29, 0.717) is 17.9 Å². The van der Waals surface area contributed by atoms with Crippen LogP contribution in [0.15, 0.2) is 18.2 Å². The number of anilines is 1. The van der Waals surface area contributed by atoms with Gasteiger partial charge in [-0.05, 0) is 25.0 Å². The Morgan fingerprint density at radius 2 is 2.00 bits per heavy atom. The van der Waals surface area contributed by atoms with Crippen molar-refractivity contribution in [2.45, 2.75) is 20.3 Å². The normalized spacial score (nSPS) is 11.4. The van der Waals surface area contributed by atoms with E-state index in [-0.39, 0.29) is 18.1 Å². The predicted octanol–water partition coefficient (Wildman–Crippen LogP) is 1.78. The van der Waals surface area contributed by atoms with E-state index in [1.165, 1.54) is 0 Å². The average molecular weight is 257 g/mol. The van der Waals surface area contributed by atoms with Crippen LogP contribution >= 0.6 is 0 Å². The lowest BCUT2D eigenvalue weighted by atomic mass is 10.2. The van der Waals surface area contributed by atoms with E-state index in [0.717, 1.165) is 5.56 Å². The van der Waals surface area contributed by atoms with Crippen molar-refractivity contribution in [2.24, 2.45) is 0 Å². The summed E-state index contributed by atoms with van der Waals surface area (Å²) in [4.78, 5) is 0. The lowest BCUT2D eigenvalue weighted by Crippen LogP contribution is -2.17. The molecule has 0 aromatic heterocycles. The van der Waals surface area contributed by atoms with Gasteiger partial charge in [-0.3, -0.25) is 0 Å². The number of sulfone groups is 1. The van der Waals surface area contributed by atoms with Gasteiger partial charge in [0.1, 0.15) is 12.4 Å². The van der Waals surface area contributed by atoms with Crippen LogP contribution in [0, 0.1) is 6.92 Å². The highest BCUT2D eigenvalue weighted by molar-refractivity contribution is 7.91. The summed E-state index contributed by atoms with van der Waals surface area (Å²) in [5.41, 5.74) is 7.20. The summed E-state index contributed by atoms with van der Waals surface area (Å²) in [5, 5.41) is 0. The zero-order chi connectivity index (χ0) is 12.9. The number of benzene rings is 1. The third kappa shape index (κ3) is 4.65. The smallest absolute Gasteiger partial charge is 0.153 e. The molecule has 96 valence electrons. The second kappa shape index (κ2) is 5.91. The lowest BCUT2D eigenvalue weighted by molar-refractivity contribution is 0.338. The van der Waals surface area contributed by atoms with Gasteiger partial charge in [0, 0.05) is 11.8 Å². The van der Waals surface area contributed by atoms with Gasteiger partial charge >= 0.3 is 0 Å². The van der Waals surface area contributed by atoms with Crippen molar-refractivity contribution >= 4 is 15.5 Å². The Morgan fingerprint density at radius 1 is 1.29 bits per heavy atom. The zero-order valence-electron chi connectivity index (χ0n) is 10.3. The SMILES string of the molecule is CCCS(=O)(=O)CCOc1cc(N)ccc1C. The molecule has 0 unspecified atom stereocenters. The van der Waals surface area contributed by atoms with Gasteiger partial charge in [-0.25, -0.2) is 8.42 Å². The van der Waals surface area contributed by atoms with Gasteiger partial charge in [0.2, 0.25) is 0 Å².